The van der Waals surface area contributed by atoms with Gasteiger partial charge in [0, 0.05) is 19.8 Å². The molecule has 0 aliphatic carbocycles. The van der Waals surface area contributed by atoms with Gasteiger partial charge in [-0.25, -0.2) is 9.78 Å². The Labute approximate surface area is 131 Å². The monoisotopic (exact) mass is 305 g/mol. The summed E-state index contributed by atoms with van der Waals surface area (Å²) in [4.78, 5) is 30.5. The van der Waals surface area contributed by atoms with E-state index in [1.807, 2.05) is 26.8 Å². The fourth-order valence-electron chi connectivity index (χ4n) is 2.49. The Morgan fingerprint density at radius 1 is 1.45 bits per heavy atom. The van der Waals surface area contributed by atoms with Gasteiger partial charge in [0.2, 0.25) is 6.41 Å². The molecule has 2 heterocycles. The Morgan fingerprint density at radius 2 is 2.18 bits per heavy atom. The quantitative estimate of drug-likeness (QED) is 0.806. The third-order valence-electron chi connectivity index (χ3n) is 3.60. The number of pyridine rings is 1. The highest BCUT2D eigenvalue weighted by molar-refractivity contribution is 5.85. The molecule has 1 atom stereocenters. The molecule has 0 aromatic carbocycles. The van der Waals surface area contributed by atoms with Crippen LogP contribution in [0.4, 0.5) is 10.6 Å². The zero-order valence-corrected chi connectivity index (χ0v) is 13.6. The predicted octanol–water partition coefficient (Wildman–Crippen LogP) is 2.75. The molecule has 1 aliphatic heterocycles. The minimum atomic E-state index is -0.542. The zero-order valence-electron chi connectivity index (χ0n) is 13.6. The fourth-order valence-corrected chi connectivity index (χ4v) is 2.49. The lowest BCUT2D eigenvalue weighted by atomic mass is 10.1. The van der Waals surface area contributed by atoms with E-state index in [4.69, 9.17) is 4.74 Å². The molecule has 0 radical (unpaired) electrons. The molecule has 0 unspecified atom stereocenters. The molecule has 1 aliphatic rings. The molecule has 22 heavy (non-hydrogen) atoms. The summed E-state index contributed by atoms with van der Waals surface area (Å²) in [5.41, 5.74) is 0.450. The molecule has 2 rings (SSSR count). The number of carbonyl (C=O) groups excluding carboxylic acids is 2. The first-order valence-corrected chi connectivity index (χ1v) is 7.45. The minimum Gasteiger partial charge on any atom is -0.443 e. The van der Waals surface area contributed by atoms with Crippen LogP contribution in [0.3, 0.4) is 0 Å². The van der Waals surface area contributed by atoms with Gasteiger partial charge in [-0.1, -0.05) is 6.07 Å². The number of amides is 2. The number of aromatic nitrogens is 1. The number of hydrogen-bond donors (Lipinski definition) is 0. The van der Waals surface area contributed by atoms with Gasteiger partial charge >= 0.3 is 6.09 Å². The van der Waals surface area contributed by atoms with Crippen molar-refractivity contribution >= 4 is 18.3 Å². The molecule has 0 spiro atoms. The Morgan fingerprint density at radius 3 is 2.73 bits per heavy atom. The summed E-state index contributed by atoms with van der Waals surface area (Å²) < 4.78 is 5.31. The first-order chi connectivity index (χ1) is 10.3. The fraction of sp³-hybridized carbons (Fsp3) is 0.562. The molecule has 6 nitrogen and oxygen atoms in total. The third kappa shape index (κ3) is 3.75. The van der Waals surface area contributed by atoms with Gasteiger partial charge in [0.05, 0.1) is 6.04 Å². The molecule has 1 aromatic rings. The lowest BCUT2D eigenvalue weighted by Crippen LogP contribution is -2.34. The van der Waals surface area contributed by atoms with Crippen molar-refractivity contribution < 1.29 is 14.3 Å². The van der Waals surface area contributed by atoms with Crippen molar-refractivity contribution in [3.63, 3.8) is 0 Å². The molecule has 120 valence electrons. The summed E-state index contributed by atoms with van der Waals surface area (Å²) in [7, 11) is 1.63. The van der Waals surface area contributed by atoms with Crippen LogP contribution in [0.5, 0.6) is 0 Å². The van der Waals surface area contributed by atoms with Gasteiger partial charge in [-0.05, 0) is 45.2 Å². The average Bonchev–Trinajstić information content (AvgIpc) is 2.93. The van der Waals surface area contributed by atoms with E-state index in [1.54, 1.807) is 24.2 Å². The van der Waals surface area contributed by atoms with Crippen LogP contribution in [-0.2, 0) is 9.53 Å². The van der Waals surface area contributed by atoms with Crippen molar-refractivity contribution in [3.8, 4) is 0 Å². The lowest BCUT2D eigenvalue weighted by molar-refractivity contribution is -0.118. The van der Waals surface area contributed by atoms with E-state index in [0.717, 1.165) is 31.4 Å². The van der Waals surface area contributed by atoms with Gasteiger partial charge in [0.15, 0.2) is 0 Å². The molecular formula is C16H23N3O3. The normalized spacial score (nSPS) is 18.2. The van der Waals surface area contributed by atoms with Crippen LogP contribution in [0.25, 0.3) is 0 Å². The van der Waals surface area contributed by atoms with E-state index in [2.05, 4.69) is 4.98 Å². The number of hydrogen-bond acceptors (Lipinski definition) is 4. The second-order valence-corrected chi connectivity index (χ2v) is 6.49. The van der Waals surface area contributed by atoms with Gasteiger partial charge < -0.3 is 9.64 Å². The second-order valence-electron chi connectivity index (χ2n) is 6.49. The summed E-state index contributed by atoms with van der Waals surface area (Å²) in [6.07, 6.45) is 4.12. The Kier molecular flexibility index (Phi) is 4.68. The van der Waals surface area contributed by atoms with E-state index in [1.165, 1.54) is 4.90 Å². The van der Waals surface area contributed by atoms with E-state index in [9.17, 15) is 9.59 Å². The molecule has 0 N–H and O–H groups in total. The largest absolute Gasteiger partial charge is 0.443 e. The minimum absolute atomic E-state index is 0.0888. The maximum atomic E-state index is 12.0. The lowest BCUT2D eigenvalue weighted by Gasteiger charge is -2.24. The molecule has 0 bridgehead atoms. The van der Waals surface area contributed by atoms with Crippen LogP contribution in [0.1, 0.15) is 45.2 Å². The number of rotatable bonds is 3. The van der Waals surface area contributed by atoms with Gasteiger partial charge in [-0.3, -0.25) is 9.69 Å². The number of carbonyl (C=O) groups is 2. The van der Waals surface area contributed by atoms with E-state index < -0.39 is 11.7 Å². The number of nitrogens with zero attached hydrogens (tertiary/aromatic N) is 3. The van der Waals surface area contributed by atoms with E-state index in [-0.39, 0.29) is 6.04 Å². The summed E-state index contributed by atoms with van der Waals surface area (Å²) in [6.45, 7) is 6.25. The van der Waals surface area contributed by atoms with Crippen LogP contribution in [0, 0.1) is 0 Å². The van der Waals surface area contributed by atoms with Crippen LogP contribution < -0.4 is 4.90 Å². The summed E-state index contributed by atoms with van der Waals surface area (Å²) in [6, 6.07) is 3.78. The first-order valence-electron chi connectivity index (χ1n) is 7.45. The van der Waals surface area contributed by atoms with Crippen LogP contribution >= 0.6 is 0 Å². The second kappa shape index (κ2) is 6.34. The first kappa shape index (κ1) is 16.3. The van der Waals surface area contributed by atoms with Crippen LogP contribution in [0.15, 0.2) is 18.3 Å². The number of ether oxygens (including phenoxy) is 1. The summed E-state index contributed by atoms with van der Waals surface area (Å²) >= 11 is 0. The van der Waals surface area contributed by atoms with Gasteiger partial charge in [0.25, 0.3) is 0 Å². The Bertz CT molecular complexity index is 537. The molecule has 2 amide bonds. The maximum absolute atomic E-state index is 12.0. The van der Waals surface area contributed by atoms with Crippen molar-refractivity contribution in [2.24, 2.45) is 0 Å². The van der Waals surface area contributed by atoms with Crippen molar-refractivity contribution in [2.45, 2.75) is 45.3 Å². The average molecular weight is 305 g/mol. The van der Waals surface area contributed by atoms with Crippen molar-refractivity contribution in [1.82, 2.24) is 9.88 Å². The van der Waals surface area contributed by atoms with Gasteiger partial charge in [-0.2, -0.15) is 0 Å². The van der Waals surface area contributed by atoms with Crippen LogP contribution in [-0.4, -0.2) is 41.6 Å². The zero-order chi connectivity index (χ0) is 16.3. The van der Waals surface area contributed by atoms with E-state index in [0.29, 0.717) is 5.82 Å². The van der Waals surface area contributed by atoms with E-state index >= 15 is 0 Å². The molecule has 1 saturated heterocycles. The van der Waals surface area contributed by atoms with Gasteiger partial charge in [-0.15, -0.1) is 0 Å². The molecule has 0 saturated carbocycles. The van der Waals surface area contributed by atoms with Gasteiger partial charge in [0.1, 0.15) is 11.4 Å². The highest BCUT2D eigenvalue weighted by Crippen LogP contribution is 2.30. The maximum Gasteiger partial charge on any atom is 0.415 e. The van der Waals surface area contributed by atoms with Crippen LogP contribution in [0.2, 0.25) is 0 Å². The predicted molar refractivity (Wildman–Crippen MR) is 83.6 cm³/mol. The number of likely N-dealkylation sites (tertiary alicyclic amines) is 1. The Balaban J connectivity index is 2.08. The SMILES string of the molecule is CN(C(=O)OC(C)(C)C)c1ccc([C@H]2CCCN2C=O)cn1. The smallest absolute Gasteiger partial charge is 0.415 e. The highest BCUT2D eigenvalue weighted by atomic mass is 16.6. The standard InChI is InChI=1S/C16H23N3O3/c1-16(2,3)22-15(21)18(4)14-8-7-12(10-17-14)13-6-5-9-19(13)11-20/h7-8,10-11,13H,5-6,9H2,1-4H3/t13-/m1/s1. The Hall–Kier alpha value is -2.11. The third-order valence-corrected chi connectivity index (χ3v) is 3.60. The van der Waals surface area contributed by atoms with Crippen molar-refractivity contribution in [3.05, 3.63) is 23.9 Å². The molecule has 1 aromatic heterocycles. The topological polar surface area (TPSA) is 62.7 Å². The van der Waals surface area contributed by atoms with Crippen molar-refractivity contribution in [1.29, 1.82) is 0 Å². The molecular weight excluding hydrogens is 282 g/mol. The van der Waals surface area contributed by atoms with Crippen molar-refractivity contribution in [2.75, 3.05) is 18.5 Å². The summed E-state index contributed by atoms with van der Waals surface area (Å²) in [5.74, 6) is 0.522. The summed E-state index contributed by atoms with van der Waals surface area (Å²) in [5, 5.41) is 0. The molecule has 6 heteroatoms. The molecule has 1 fully saturated rings. The highest BCUT2D eigenvalue weighted by Gasteiger charge is 2.25. The number of anilines is 1.